The van der Waals surface area contributed by atoms with Crippen LogP contribution in [-0.4, -0.2) is 19.9 Å². The van der Waals surface area contributed by atoms with Crippen molar-refractivity contribution in [1.29, 1.82) is 0 Å². The minimum absolute atomic E-state index is 0.937. The standard InChI is InChI=1S/C52H33N5/c1-2-4-37-25-40(6-5-34(37)3-1)41-13-21-49-42(26-41)7-8-43-29-48(20-22-50(43)49)57(46-16-9-35(10-17-46)38-14-23-51-44(27-38)30-53-32-55-51)47-18-11-36(12-19-47)39-15-24-52-45(28-39)31-54-33-56-52/h1-33H. The van der Waals surface area contributed by atoms with Crippen LogP contribution in [-0.2, 0) is 0 Å². The van der Waals surface area contributed by atoms with E-state index in [2.05, 4.69) is 201 Å². The average molecular weight is 728 g/mol. The van der Waals surface area contributed by atoms with Crippen molar-refractivity contribution < 1.29 is 0 Å². The number of anilines is 3. The zero-order valence-electron chi connectivity index (χ0n) is 30.8. The Morgan fingerprint density at radius 1 is 0.298 bits per heavy atom. The molecule has 11 rings (SSSR count). The topological polar surface area (TPSA) is 54.8 Å². The maximum absolute atomic E-state index is 4.40. The summed E-state index contributed by atoms with van der Waals surface area (Å²) in [6, 6.07) is 63.7. The van der Waals surface area contributed by atoms with Crippen LogP contribution in [0.2, 0.25) is 0 Å². The molecule has 0 fully saturated rings. The zero-order valence-corrected chi connectivity index (χ0v) is 30.8. The Labute approximate surface area is 329 Å². The number of rotatable bonds is 6. The van der Waals surface area contributed by atoms with Gasteiger partial charge in [0.1, 0.15) is 12.7 Å². The van der Waals surface area contributed by atoms with Crippen LogP contribution in [0.25, 0.3) is 87.5 Å². The van der Waals surface area contributed by atoms with Crippen molar-refractivity contribution in [3.63, 3.8) is 0 Å². The number of fused-ring (bicyclic) bond motifs is 6. The Hall–Kier alpha value is -7.76. The van der Waals surface area contributed by atoms with E-state index in [1.807, 2.05) is 12.4 Å². The van der Waals surface area contributed by atoms with Crippen molar-refractivity contribution in [3.8, 4) is 33.4 Å². The molecule has 0 aliphatic carbocycles. The highest BCUT2D eigenvalue weighted by molar-refractivity contribution is 6.09. The molecule has 5 heteroatoms. The van der Waals surface area contributed by atoms with Gasteiger partial charge in [0, 0.05) is 40.2 Å². The molecule has 0 aliphatic rings. The van der Waals surface area contributed by atoms with Crippen LogP contribution < -0.4 is 4.90 Å². The van der Waals surface area contributed by atoms with Crippen LogP contribution in [0.15, 0.2) is 201 Å². The summed E-state index contributed by atoms with van der Waals surface area (Å²) in [5.74, 6) is 0. The summed E-state index contributed by atoms with van der Waals surface area (Å²) in [6.45, 7) is 0. The lowest BCUT2D eigenvalue weighted by Crippen LogP contribution is -2.09. The molecular formula is C52H33N5. The molecule has 2 heterocycles. The van der Waals surface area contributed by atoms with E-state index < -0.39 is 0 Å². The van der Waals surface area contributed by atoms with E-state index in [4.69, 9.17) is 0 Å². The fraction of sp³-hybridized carbons (Fsp3) is 0. The normalized spacial score (nSPS) is 11.5. The Balaban J connectivity index is 0.981. The van der Waals surface area contributed by atoms with Crippen LogP contribution in [0.5, 0.6) is 0 Å². The van der Waals surface area contributed by atoms with Crippen molar-refractivity contribution in [2.75, 3.05) is 4.90 Å². The molecule has 0 aliphatic heterocycles. The summed E-state index contributed by atoms with van der Waals surface area (Å²) in [4.78, 5) is 19.6. The molecule has 0 saturated heterocycles. The van der Waals surface area contributed by atoms with Crippen molar-refractivity contribution in [3.05, 3.63) is 201 Å². The van der Waals surface area contributed by atoms with Gasteiger partial charge in [0.25, 0.3) is 0 Å². The Kier molecular flexibility index (Phi) is 7.74. The summed E-state index contributed by atoms with van der Waals surface area (Å²) in [5.41, 5.74) is 12.1. The molecule has 0 radical (unpaired) electrons. The van der Waals surface area contributed by atoms with E-state index >= 15 is 0 Å². The maximum Gasteiger partial charge on any atom is 0.116 e. The maximum atomic E-state index is 4.40. The van der Waals surface area contributed by atoms with Crippen LogP contribution in [0.4, 0.5) is 17.1 Å². The van der Waals surface area contributed by atoms with Gasteiger partial charge < -0.3 is 4.90 Å². The number of nitrogens with zero attached hydrogens (tertiary/aromatic N) is 5. The van der Waals surface area contributed by atoms with Crippen LogP contribution >= 0.6 is 0 Å². The smallest absolute Gasteiger partial charge is 0.116 e. The fourth-order valence-corrected chi connectivity index (χ4v) is 8.13. The quantitative estimate of drug-likeness (QED) is 0.160. The van der Waals surface area contributed by atoms with E-state index in [9.17, 15) is 0 Å². The second-order valence-corrected chi connectivity index (χ2v) is 14.5. The molecule has 5 nitrogen and oxygen atoms in total. The summed E-state index contributed by atoms with van der Waals surface area (Å²) >= 11 is 0. The monoisotopic (exact) mass is 727 g/mol. The highest BCUT2D eigenvalue weighted by Crippen LogP contribution is 2.40. The molecule has 11 aromatic rings. The summed E-state index contributed by atoms with van der Waals surface area (Å²) in [5, 5.41) is 9.44. The molecule has 57 heavy (non-hydrogen) atoms. The number of aromatic nitrogens is 4. The first kappa shape index (κ1) is 32.7. The van der Waals surface area contributed by atoms with E-state index in [0.717, 1.165) is 61.1 Å². The molecule has 0 N–H and O–H groups in total. The van der Waals surface area contributed by atoms with Crippen LogP contribution in [0.1, 0.15) is 0 Å². The van der Waals surface area contributed by atoms with Gasteiger partial charge in [-0.1, -0.05) is 103 Å². The van der Waals surface area contributed by atoms with Crippen molar-refractivity contribution in [2.45, 2.75) is 0 Å². The second kappa shape index (κ2) is 13.5. The number of hydrogen-bond donors (Lipinski definition) is 0. The minimum Gasteiger partial charge on any atom is -0.310 e. The Morgan fingerprint density at radius 3 is 1.33 bits per heavy atom. The van der Waals surface area contributed by atoms with Gasteiger partial charge in [-0.2, -0.15) is 0 Å². The number of hydrogen-bond acceptors (Lipinski definition) is 5. The molecule has 0 amide bonds. The number of benzene rings is 9. The van der Waals surface area contributed by atoms with E-state index in [0.29, 0.717) is 0 Å². The second-order valence-electron chi connectivity index (χ2n) is 14.5. The van der Waals surface area contributed by atoms with Gasteiger partial charge in [-0.25, -0.2) is 19.9 Å². The van der Waals surface area contributed by atoms with Gasteiger partial charge in [0.15, 0.2) is 0 Å². The third-order valence-electron chi connectivity index (χ3n) is 11.1. The zero-order chi connectivity index (χ0) is 37.7. The molecule has 0 atom stereocenters. The summed E-state index contributed by atoms with van der Waals surface area (Å²) in [6.07, 6.45) is 6.91. The molecule has 2 aromatic heterocycles. The largest absolute Gasteiger partial charge is 0.310 e. The van der Waals surface area contributed by atoms with Crippen LogP contribution in [0.3, 0.4) is 0 Å². The summed E-state index contributed by atoms with van der Waals surface area (Å²) in [7, 11) is 0. The SMILES string of the molecule is c1ccc2cc(-c3ccc4c(ccc5cc(N(c6ccc(-c7ccc8ncncc8c7)cc6)c6ccc(-c7ccc8ncncc8c7)cc6)ccc54)c3)ccc2c1. The van der Waals surface area contributed by atoms with E-state index in [1.165, 1.54) is 43.4 Å². The van der Waals surface area contributed by atoms with Gasteiger partial charge >= 0.3 is 0 Å². The Morgan fingerprint density at radius 2 is 0.719 bits per heavy atom. The van der Waals surface area contributed by atoms with Gasteiger partial charge in [0.05, 0.1) is 11.0 Å². The Bertz CT molecular complexity index is 3180. The molecular weight excluding hydrogens is 695 g/mol. The average Bonchev–Trinajstić information content (AvgIpc) is 3.29. The third-order valence-corrected chi connectivity index (χ3v) is 11.1. The van der Waals surface area contributed by atoms with Gasteiger partial charge in [-0.3, -0.25) is 0 Å². The predicted molar refractivity (Wildman–Crippen MR) is 236 cm³/mol. The van der Waals surface area contributed by atoms with Gasteiger partial charge in [-0.15, -0.1) is 0 Å². The highest BCUT2D eigenvalue weighted by atomic mass is 15.1. The molecule has 0 unspecified atom stereocenters. The van der Waals surface area contributed by atoms with Crippen molar-refractivity contribution in [1.82, 2.24) is 19.9 Å². The third kappa shape index (κ3) is 5.99. The summed E-state index contributed by atoms with van der Waals surface area (Å²) < 4.78 is 0. The van der Waals surface area contributed by atoms with E-state index in [1.54, 1.807) is 12.7 Å². The van der Waals surface area contributed by atoms with Crippen molar-refractivity contribution >= 4 is 71.2 Å². The van der Waals surface area contributed by atoms with Crippen LogP contribution in [0, 0.1) is 0 Å². The lowest BCUT2D eigenvalue weighted by molar-refractivity contribution is 1.22. The lowest BCUT2D eigenvalue weighted by Gasteiger charge is -2.26. The van der Waals surface area contributed by atoms with E-state index in [-0.39, 0.29) is 0 Å². The van der Waals surface area contributed by atoms with Gasteiger partial charge in [0.2, 0.25) is 0 Å². The van der Waals surface area contributed by atoms with Crippen molar-refractivity contribution in [2.24, 2.45) is 0 Å². The molecule has 0 spiro atoms. The molecule has 0 bridgehead atoms. The highest BCUT2D eigenvalue weighted by Gasteiger charge is 2.15. The van der Waals surface area contributed by atoms with Gasteiger partial charge in [-0.05, 0) is 138 Å². The fourth-order valence-electron chi connectivity index (χ4n) is 8.13. The first-order chi connectivity index (χ1) is 28.2. The molecule has 266 valence electrons. The lowest BCUT2D eigenvalue weighted by atomic mass is 9.96. The minimum atomic E-state index is 0.937. The molecule has 9 aromatic carbocycles. The first-order valence-corrected chi connectivity index (χ1v) is 19.1. The predicted octanol–water partition coefficient (Wildman–Crippen LogP) is 13.5. The molecule has 0 saturated carbocycles. The first-order valence-electron chi connectivity index (χ1n) is 19.1.